The number of methoxy groups -OCH3 is 2. The molecule has 108 valence electrons. The van der Waals surface area contributed by atoms with Crippen LogP contribution in [0.15, 0.2) is 18.2 Å². The maximum atomic E-state index is 6.40. The van der Waals surface area contributed by atoms with E-state index in [4.69, 9.17) is 15.2 Å². The second-order valence-corrected chi connectivity index (χ2v) is 4.80. The topological polar surface area (TPSA) is 62.3 Å². The first-order valence-corrected chi connectivity index (χ1v) is 6.47. The van der Waals surface area contributed by atoms with Crippen LogP contribution >= 0.6 is 0 Å². The van der Waals surface area contributed by atoms with Crippen molar-refractivity contribution in [3.63, 3.8) is 0 Å². The summed E-state index contributed by atoms with van der Waals surface area (Å²) in [6.07, 6.45) is 0. The Kier molecular flexibility index (Phi) is 3.99. The predicted octanol–water partition coefficient (Wildman–Crippen LogP) is 2.10. The predicted molar refractivity (Wildman–Crippen MR) is 78.3 cm³/mol. The highest BCUT2D eigenvalue weighted by molar-refractivity contribution is 5.46. The van der Waals surface area contributed by atoms with Gasteiger partial charge in [-0.05, 0) is 31.5 Å². The van der Waals surface area contributed by atoms with Crippen molar-refractivity contribution in [1.29, 1.82) is 0 Å². The van der Waals surface area contributed by atoms with E-state index >= 15 is 0 Å². The molecule has 1 unspecified atom stereocenters. The second-order valence-electron chi connectivity index (χ2n) is 4.80. The fraction of sp³-hybridized carbons (Fsp3) is 0.400. The first kappa shape index (κ1) is 14.4. The fourth-order valence-corrected chi connectivity index (χ4v) is 2.45. The number of benzene rings is 1. The summed E-state index contributed by atoms with van der Waals surface area (Å²) in [6, 6.07) is 5.51. The molecule has 1 aromatic carbocycles. The number of nitrogens with zero attached hydrogens (tertiary/aromatic N) is 2. The minimum Gasteiger partial charge on any atom is -0.493 e. The molecule has 0 aliphatic carbocycles. The molecule has 1 atom stereocenters. The summed E-state index contributed by atoms with van der Waals surface area (Å²) in [5.41, 5.74) is 10.5. The molecule has 2 rings (SSSR count). The van der Waals surface area contributed by atoms with Crippen LogP contribution in [0.25, 0.3) is 0 Å². The lowest BCUT2D eigenvalue weighted by Gasteiger charge is -2.15. The van der Waals surface area contributed by atoms with E-state index < -0.39 is 0 Å². The lowest BCUT2D eigenvalue weighted by Crippen LogP contribution is -2.14. The Balaban J connectivity index is 2.45. The van der Waals surface area contributed by atoms with Crippen LogP contribution in [-0.2, 0) is 7.05 Å². The SMILES string of the molecule is COc1ccc(C(N)c2c(C)nn(C)c2C)cc1OC. The monoisotopic (exact) mass is 275 g/mol. The molecule has 0 bridgehead atoms. The van der Waals surface area contributed by atoms with Gasteiger partial charge in [-0.15, -0.1) is 0 Å². The maximum Gasteiger partial charge on any atom is 0.161 e. The van der Waals surface area contributed by atoms with E-state index in [9.17, 15) is 0 Å². The average molecular weight is 275 g/mol. The smallest absolute Gasteiger partial charge is 0.161 e. The number of rotatable bonds is 4. The molecule has 5 heteroatoms. The Morgan fingerprint density at radius 1 is 1.15 bits per heavy atom. The van der Waals surface area contributed by atoms with Crippen molar-refractivity contribution in [2.24, 2.45) is 12.8 Å². The van der Waals surface area contributed by atoms with Gasteiger partial charge in [0.25, 0.3) is 0 Å². The average Bonchev–Trinajstić information content (AvgIpc) is 2.70. The second kappa shape index (κ2) is 5.54. The third kappa shape index (κ3) is 2.36. The van der Waals surface area contributed by atoms with Gasteiger partial charge >= 0.3 is 0 Å². The molecule has 0 spiro atoms. The largest absolute Gasteiger partial charge is 0.493 e. The molecular formula is C15H21N3O2. The van der Waals surface area contributed by atoms with Crippen LogP contribution in [0.4, 0.5) is 0 Å². The van der Waals surface area contributed by atoms with Gasteiger partial charge < -0.3 is 15.2 Å². The maximum absolute atomic E-state index is 6.40. The van der Waals surface area contributed by atoms with Crippen LogP contribution in [0.1, 0.15) is 28.6 Å². The van der Waals surface area contributed by atoms with Crippen LogP contribution in [-0.4, -0.2) is 24.0 Å². The lowest BCUT2D eigenvalue weighted by molar-refractivity contribution is 0.354. The van der Waals surface area contributed by atoms with E-state index in [1.54, 1.807) is 14.2 Å². The van der Waals surface area contributed by atoms with Crippen molar-refractivity contribution in [1.82, 2.24) is 9.78 Å². The van der Waals surface area contributed by atoms with Crippen molar-refractivity contribution in [3.05, 3.63) is 40.7 Å². The molecule has 0 aliphatic rings. The molecule has 20 heavy (non-hydrogen) atoms. The highest BCUT2D eigenvalue weighted by Gasteiger charge is 2.19. The van der Waals surface area contributed by atoms with Crippen molar-refractivity contribution in [2.75, 3.05) is 14.2 Å². The van der Waals surface area contributed by atoms with Gasteiger partial charge in [0.15, 0.2) is 11.5 Å². The summed E-state index contributed by atoms with van der Waals surface area (Å²) in [4.78, 5) is 0. The molecule has 1 aromatic heterocycles. The van der Waals surface area contributed by atoms with Gasteiger partial charge in [-0.25, -0.2) is 0 Å². The minimum absolute atomic E-state index is 0.233. The molecule has 0 saturated heterocycles. The van der Waals surface area contributed by atoms with E-state index in [1.165, 1.54) is 0 Å². The van der Waals surface area contributed by atoms with Crippen LogP contribution in [0.5, 0.6) is 11.5 Å². The zero-order valence-electron chi connectivity index (χ0n) is 12.6. The Morgan fingerprint density at radius 3 is 2.30 bits per heavy atom. The Bertz CT molecular complexity index is 620. The van der Waals surface area contributed by atoms with Gasteiger partial charge in [-0.2, -0.15) is 5.10 Å². The molecule has 0 amide bonds. The zero-order valence-corrected chi connectivity index (χ0v) is 12.6. The first-order chi connectivity index (χ1) is 9.49. The van der Waals surface area contributed by atoms with E-state index in [0.29, 0.717) is 11.5 Å². The third-order valence-electron chi connectivity index (χ3n) is 3.64. The molecule has 0 fully saturated rings. The Labute approximate surface area is 119 Å². The number of hydrogen-bond donors (Lipinski definition) is 1. The number of aromatic nitrogens is 2. The summed E-state index contributed by atoms with van der Waals surface area (Å²) in [7, 11) is 5.16. The van der Waals surface area contributed by atoms with Crippen LogP contribution in [0, 0.1) is 13.8 Å². The molecule has 1 heterocycles. The van der Waals surface area contributed by atoms with Gasteiger partial charge in [0.2, 0.25) is 0 Å². The van der Waals surface area contributed by atoms with Gasteiger partial charge in [0.05, 0.1) is 26.0 Å². The van der Waals surface area contributed by atoms with Gasteiger partial charge in [-0.3, -0.25) is 4.68 Å². The fourth-order valence-electron chi connectivity index (χ4n) is 2.45. The van der Waals surface area contributed by atoms with Crippen molar-refractivity contribution in [2.45, 2.75) is 19.9 Å². The molecule has 2 aromatic rings. The highest BCUT2D eigenvalue weighted by Crippen LogP contribution is 2.32. The lowest BCUT2D eigenvalue weighted by atomic mass is 9.97. The zero-order chi connectivity index (χ0) is 14.9. The molecule has 2 N–H and O–H groups in total. The molecule has 0 aliphatic heterocycles. The van der Waals surface area contributed by atoms with E-state index in [0.717, 1.165) is 22.5 Å². The number of aryl methyl sites for hydroxylation is 2. The van der Waals surface area contributed by atoms with Crippen LogP contribution < -0.4 is 15.2 Å². The number of ether oxygens (including phenoxy) is 2. The summed E-state index contributed by atoms with van der Waals surface area (Å²) >= 11 is 0. The summed E-state index contributed by atoms with van der Waals surface area (Å²) in [5, 5.41) is 4.41. The Morgan fingerprint density at radius 2 is 1.80 bits per heavy atom. The number of hydrogen-bond acceptors (Lipinski definition) is 4. The van der Waals surface area contributed by atoms with E-state index in [2.05, 4.69) is 5.10 Å². The summed E-state index contributed by atoms with van der Waals surface area (Å²) < 4.78 is 12.4. The van der Waals surface area contributed by atoms with Gasteiger partial charge in [0, 0.05) is 18.3 Å². The first-order valence-electron chi connectivity index (χ1n) is 6.47. The normalized spacial score (nSPS) is 12.3. The highest BCUT2D eigenvalue weighted by atomic mass is 16.5. The van der Waals surface area contributed by atoms with Crippen LogP contribution in [0.2, 0.25) is 0 Å². The third-order valence-corrected chi connectivity index (χ3v) is 3.64. The molecular weight excluding hydrogens is 254 g/mol. The van der Waals surface area contributed by atoms with E-state index in [1.807, 2.05) is 43.8 Å². The molecule has 0 radical (unpaired) electrons. The Hall–Kier alpha value is -2.01. The quantitative estimate of drug-likeness (QED) is 0.928. The standard InChI is InChI=1S/C15H21N3O2/c1-9-14(10(2)18(3)17-9)15(16)11-6-7-12(19-4)13(8-11)20-5/h6-8,15H,16H2,1-5H3. The van der Waals surface area contributed by atoms with E-state index in [-0.39, 0.29) is 6.04 Å². The number of nitrogens with two attached hydrogens (primary N) is 1. The molecule has 5 nitrogen and oxygen atoms in total. The van der Waals surface area contributed by atoms with Crippen molar-refractivity contribution in [3.8, 4) is 11.5 Å². The van der Waals surface area contributed by atoms with Crippen molar-refractivity contribution < 1.29 is 9.47 Å². The minimum atomic E-state index is -0.233. The summed E-state index contributed by atoms with van der Waals surface area (Å²) in [6.45, 7) is 4.00. The van der Waals surface area contributed by atoms with Gasteiger partial charge in [-0.1, -0.05) is 6.07 Å². The van der Waals surface area contributed by atoms with Crippen molar-refractivity contribution >= 4 is 0 Å². The summed E-state index contributed by atoms with van der Waals surface area (Å²) in [5.74, 6) is 1.38. The van der Waals surface area contributed by atoms with Crippen LogP contribution in [0.3, 0.4) is 0 Å². The van der Waals surface area contributed by atoms with Gasteiger partial charge in [0.1, 0.15) is 0 Å². The molecule has 0 saturated carbocycles.